The Morgan fingerprint density at radius 3 is 2.22 bits per heavy atom. The van der Waals surface area contributed by atoms with Crippen molar-refractivity contribution >= 4 is 33.3 Å². The fraction of sp³-hybridized carbons (Fsp3) is 0.133. The van der Waals surface area contributed by atoms with Gasteiger partial charge in [-0.1, -0.05) is 23.7 Å². The van der Waals surface area contributed by atoms with Crippen LogP contribution in [0.15, 0.2) is 53.4 Å². The maximum absolute atomic E-state index is 12.2. The molecule has 0 aliphatic rings. The largest absolute Gasteiger partial charge is 0.480 e. The van der Waals surface area contributed by atoms with Gasteiger partial charge in [0.25, 0.3) is 10.0 Å². The van der Waals surface area contributed by atoms with Crippen LogP contribution in [-0.4, -0.2) is 25.5 Å². The van der Waals surface area contributed by atoms with E-state index in [2.05, 4.69) is 4.72 Å². The number of anilines is 1. The van der Waals surface area contributed by atoms with Crippen LogP contribution in [0.3, 0.4) is 0 Å². The van der Waals surface area contributed by atoms with Crippen molar-refractivity contribution in [2.45, 2.75) is 17.4 Å². The average molecular weight is 355 g/mol. The zero-order valence-corrected chi connectivity index (χ0v) is 13.5. The van der Waals surface area contributed by atoms with Crippen LogP contribution in [0.2, 0.25) is 5.02 Å². The van der Waals surface area contributed by atoms with E-state index in [9.17, 15) is 13.2 Å². The van der Waals surface area contributed by atoms with Gasteiger partial charge in [0.1, 0.15) is 6.04 Å². The molecule has 0 spiro atoms. The van der Waals surface area contributed by atoms with Crippen LogP contribution in [0.25, 0.3) is 0 Å². The number of halogens is 1. The zero-order chi connectivity index (χ0) is 17.0. The summed E-state index contributed by atoms with van der Waals surface area (Å²) in [6, 6.07) is 11.2. The minimum absolute atomic E-state index is 0.0962. The van der Waals surface area contributed by atoms with Gasteiger partial charge in [0.05, 0.1) is 4.90 Å². The number of sulfonamides is 1. The molecule has 1 atom stereocenters. The second-order valence-corrected chi connectivity index (χ2v) is 7.02. The van der Waals surface area contributed by atoms with Crippen LogP contribution in [0.4, 0.5) is 5.69 Å². The minimum atomic E-state index is -3.71. The molecule has 23 heavy (non-hydrogen) atoms. The monoisotopic (exact) mass is 354 g/mol. The molecule has 8 heteroatoms. The van der Waals surface area contributed by atoms with E-state index >= 15 is 0 Å². The van der Waals surface area contributed by atoms with Crippen molar-refractivity contribution in [3.05, 3.63) is 59.1 Å². The number of hydrogen-bond acceptors (Lipinski definition) is 4. The predicted molar refractivity (Wildman–Crippen MR) is 88.0 cm³/mol. The highest BCUT2D eigenvalue weighted by atomic mass is 35.5. The first-order valence-electron chi connectivity index (χ1n) is 6.63. The number of hydrogen-bond donors (Lipinski definition) is 3. The third-order valence-corrected chi connectivity index (χ3v) is 4.75. The lowest BCUT2D eigenvalue weighted by molar-refractivity contribution is -0.138. The van der Waals surface area contributed by atoms with Gasteiger partial charge >= 0.3 is 5.97 Å². The molecule has 0 heterocycles. The molecule has 0 unspecified atom stereocenters. The summed E-state index contributed by atoms with van der Waals surface area (Å²) < 4.78 is 26.9. The molecule has 0 saturated heterocycles. The third-order valence-electron chi connectivity index (χ3n) is 3.10. The number of carbonyl (C=O) groups is 1. The van der Waals surface area contributed by atoms with Crippen LogP contribution in [0.1, 0.15) is 5.56 Å². The van der Waals surface area contributed by atoms with Gasteiger partial charge < -0.3 is 10.8 Å². The Balaban J connectivity index is 2.11. The Kier molecular flexibility index (Phi) is 5.25. The highest BCUT2D eigenvalue weighted by molar-refractivity contribution is 7.92. The van der Waals surface area contributed by atoms with Gasteiger partial charge in [-0.25, -0.2) is 8.42 Å². The Labute approximate surface area is 138 Å². The molecule has 0 fully saturated rings. The van der Waals surface area contributed by atoms with Crippen LogP contribution in [0.5, 0.6) is 0 Å². The Hall–Kier alpha value is -2.09. The summed E-state index contributed by atoms with van der Waals surface area (Å²) in [5.74, 6) is -1.09. The molecular formula is C15H15ClN2O4S. The fourth-order valence-corrected chi connectivity index (χ4v) is 3.06. The summed E-state index contributed by atoms with van der Waals surface area (Å²) >= 11 is 5.74. The van der Waals surface area contributed by atoms with Crippen molar-refractivity contribution in [3.63, 3.8) is 0 Å². The quantitative estimate of drug-likeness (QED) is 0.735. The number of nitrogens with two attached hydrogens (primary N) is 1. The number of carboxylic acid groups (broad SMARTS) is 1. The van der Waals surface area contributed by atoms with Crippen molar-refractivity contribution in [2.75, 3.05) is 4.72 Å². The first kappa shape index (κ1) is 17.3. The highest BCUT2D eigenvalue weighted by Crippen LogP contribution is 2.19. The van der Waals surface area contributed by atoms with Crippen molar-refractivity contribution in [1.29, 1.82) is 0 Å². The van der Waals surface area contributed by atoms with Gasteiger partial charge in [0, 0.05) is 10.7 Å². The molecule has 0 aromatic heterocycles. The van der Waals surface area contributed by atoms with E-state index in [4.69, 9.17) is 22.4 Å². The van der Waals surface area contributed by atoms with E-state index < -0.39 is 22.0 Å². The maximum atomic E-state index is 12.2. The molecule has 0 aliphatic heterocycles. The first-order chi connectivity index (χ1) is 10.8. The molecule has 4 N–H and O–H groups in total. The lowest BCUT2D eigenvalue weighted by atomic mass is 10.1. The van der Waals surface area contributed by atoms with Gasteiger partial charge in [-0.15, -0.1) is 0 Å². The van der Waals surface area contributed by atoms with E-state index in [1.54, 1.807) is 24.3 Å². The van der Waals surface area contributed by atoms with Crippen molar-refractivity contribution in [1.82, 2.24) is 0 Å². The molecule has 0 saturated carbocycles. The first-order valence-corrected chi connectivity index (χ1v) is 8.50. The molecule has 0 bridgehead atoms. The summed E-state index contributed by atoms with van der Waals surface area (Å²) in [5, 5.41) is 9.22. The minimum Gasteiger partial charge on any atom is -0.480 e. The number of aliphatic carboxylic acids is 1. The topological polar surface area (TPSA) is 109 Å². The highest BCUT2D eigenvalue weighted by Gasteiger charge is 2.15. The molecule has 2 rings (SSSR count). The van der Waals surface area contributed by atoms with Crippen molar-refractivity contribution < 1.29 is 18.3 Å². The SMILES string of the molecule is N[C@H](Cc1ccc(NS(=O)(=O)c2ccc(Cl)cc2)cc1)C(=O)O. The summed E-state index contributed by atoms with van der Waals surface area (Å²) in [4.78, 5) is 10.8. The van der Waals surface area contributed by atoms with Crippen molar-refractivity contribution in [2.24, 2.45) is 5.73 Å². The van der Waals surface area contributed by atoms with Crippen molar-refractivity contribution in [3.8, 4) is 0 Å². The summed E-state index contributed by atoms with van der Waals surface area (Å²) in [6.07, 6.45) is 0.166. The standard InChI is InChI=1S/C15H15ClN2O4S/c16-11-3-7-13(8-4-11)23(21,22)18-12-5-1-10(2-6-12)9-14(17)15(19)20/h1-8,14,18H,9,17H2,(H,19,20)/t14-/m1/s1. The predicted octanol–water partition coefficient (Wildman–Crippen LogP) is 2.10. The number of carboxylic acids is 1. The van der Waals surface area contributed by atoms with Gasteiger partial charge in [-0.2, -0.15) is 0 Å². The van der Waals surface area contributed by atoms with Gasteiger partial charge in [-0.05, 0) is 48.4 Å². The second-order valence-electron chi connectivity index (χ2n) is 4.91. The lowest BCUT2D eigenvalue weighted by Crippen LogP contribution is -2.32. The van der Waals surface area contributed by atoms with Crippen LogP contribution in [0, 0.1) is 0 Å². The lowest BCUT2D eigenvalue weighted by Gasteiger charge is -2.10. The summed E-state index contributed by atoms with van der Waals surface area (Å²) in [7, 11) is -3.71. The fourth-order valence-electron chi connectivity index (χ4n) is 1.88. The van der Waals surface area contributed by atoms with Crippen LogP contribution < -0.4 is 10.5 Å². The second kappa shape index (κ2) is 6.99. The number of benzene rings is 2. The Morgan fingerprint density at radius 1 is 1.13 bits per heavy atom. The zero-order valence-electron chi connectivity index (χ0n) is 11.9. The van der Waals surface area contributed by atoms with Crippen LogP contribution in [-0.2, 0) is 21.2 Å². The normalized spacial score (nSPS) is 12.6. The van der Waals surface area contributed by atoms with Gasteiger partial charge in [0.15, 0.2) is 0 Å². The molecule has 6 nitrogen and oxygen atoms in total. The van der Waals surface area contributed by atoms with Gasteiger partial charge in [-0.3, -0.25) is 9.52 Å². The molecule has 0 aliphatic carbocycles. The van der Waals surface area contributed by atoms with Crippen LogP contribution >= 0.6 is 11.6 Å². The smallest absolute Gasteiger partial charge is 0.320 e. The van der Waals surface area contributed by atoms with E-state index in [1.165, 1.54) is 24.3 Å². The Morgan fingerprint density at radius 2 is 1.70 bits per heavy atom. The molecule has 0 radical (unpaired) electrons. The molecule has 2 aromatic carbocycles. The third kappa shape index (κ3) is 4.69. The molecule has 2 aromatic rings. The molecule has 0 amide bonds. The average Bonchev–Trinajstić information content (AvgIpc) is 2.49. The summed E-state index contributed by atoms with van der Waals surface area (Å²) in [5.41, 5.74) is 6.53. The van der Waals surface area contributed by atoms with E-state index in [0.717, 1.165) is 0 Å². The maximum Gasteiger partial charge on any atom is 0.320 e. The number of rotatable bonds is 6. The molecule has 122 valence electrons. The summed E-state index contributed by atoms with van der Waals surface area (Å²) in [6.45, 7) is 0. The van der Waals surface area contributed by atoms with E-state index in [0.29, 0.717) is 16.3 Å². The van der Waals surface area contributed by atoms with E-state index in [1.807, 2.05) is 0 Å². The van der Waals surface area contributed by atoms with Gasteiger partial charge in [0.2, 0.25) is 0 Å². The Bertz CT molecular complexity index is 789. The number of nitrogens with one attached hydrogen (secondary N) is 1. The molecular weight excluding hydrogens is 340 g/mol. The van der Waals surface area contributed by atoms with E-state index in [-0.39, 0.29) is 11.3 Å².